The highest BCUT2D eigenvalue weighted by molar-refractivity contribution is 6.01. The number of nitrogens with one attached hydrogen (secondary N) is 1. The van der Waals surface area contributed by atoms with E-state index in [1.54, 1.807) is 0 Å². The summed E-state index contributed by atoms with van der Waals surface area (Å²) in [5, 5.41) is 4.88. The van der Waals surface area contributed by atoms with Crippen LogP contribution in [0.5, 0.6) is 0 Å². The first-order chi connectivity index (χ1) is 11.2. The fraction of sp³-hybridized carbons (Fsp3) is 0.167. The Kier molecular flexibility index (Phi) is 4.19. The van der Waals surface area contributed by atoms with Crippen LogP contribution in [0.15, 0.2) is 59.7 Å². The molecule has 0 aliphatic carbocycles. The summed E-state index contributed by atoms with van der Waals surface area (Å²) in [6, 6.07) is 15.0. The second-order valence-electron chi connectivity index (χ2n) is 5.27. The molecule has 0 bridgehead atoms. The molecule has 5 nitrogen and oxygen atoms in total. The number of benzene rings is 2. The highest BCUT2D eigenvalue weighted by Crippen LogP contribution is 2.22. The third kappa shape index (κ3) is 3.29. The van der Waals surface area contributed by atoms with Crippen LogP contribution < -0.4 is 10.9 Å². The van der Waals surface area contributed by atoms with Crippen LogP contribution in [-0.2, 0) is 17.8 Å². The number of nitrogens with zero attached hydrogens (tertiary/aromatic N) is 2. The molecule has 0 saturated carbocycles. The third-order valence-electron chi connectivity index (χ3n) is 3.68. The van der Waals surface area contributed by atoms with Crippen molar-refractivity contribution in [1.82, 2.24) is 9.55 Å². The first-order valence-corrected chi connectivity index (χ1v) is 7.50. The van der Waals surface area contributed by atoms with Crippen molar-refractivity contribution in [2.75, 3.05) is 5.32 Å². The average molecular weight is 307 g/mol. The predicted octanol–water partition coefficient (Wildman–Crippen LogP) is 2.60. The van der Waals surface area contributed by atoms with E-state index in [2.05, 4.69) is 10.3 Å². The maximum Gasteiger partial charge on any atom is 0.253 e. The van der Waals surface area contributed by atoms with Gasteiger partial charge in [0.25, 0.3) is 5.56 Å². The lowest BCUT2D eigenvalue weighted by molar-refractivity contribution is -0.116. The van der Waals surface area contributed by atoms with Crippen molar-refractivity contribution in [3.63, 3.8) is 0 Å². The van der Waals surface area contributed by atoms with E-state index in [1.807, 2.05) is 49.4 Å². The number of hydrogen-bond acceptors (Lipinski definition) is 3. The monoisotopic (exact) mass is 307 g/mol. The zero-order valence-corrected chi connectivity index (χ0v) is 12.8. The Balaban J connectivity index is 1.80. The van der Waals surface area contributed by atoms with Gasteiger partial charge in [0.1, 0.15) is 6.54 Å². The van der Waals surface area contributed by atoms with Crippen molar-refractivity contribution in [1.29, 1.82) is 0 Å². The summed E-state index contributed by atoms with van der Waals surface area (Å²) >= 11 is 0. The van der Waals surface area contributed by atoms with E-state index in [0.29, 0.717) is 6.42 Å². The Hall–Kier alpha value is -2.95. The Morgan fingerprint density at radius 1 is 1.17 bits per heavy atom. The molecule has 1 amide bonds. The molecule has 0 fully saturated rings. The maximum absolute atomic E-state index is 12.2. The van der Waals surface area contributed by atoms with E-state index in [9.17, 15) is 9.59 Å². The van der Waals surface area contributed by atoms with Gasteiger partial charge in [-0.3, -0.25) is 14.2 Å². The third-order valence-corrected chi connectivity index (χ3v) is 3.68. The van der Waals surface area contributed by atoms with Crippen LogP contribution >= 0.6 is 0 Å². The Bertz CT molecular complexity index is 910. The SMILES string of the molecule is CCc1cc(=O)n(CC(=O)Nc2cccc3ccccc23)cn1. The fourth-order valence-electron chi connectivity index (χ4n) is 2.45. The van der Waals surface area contributed by atoms with Crippen LogP contribution in [0.25, 0.3) is 10.8 Å². The second kappa shape index (κ2) is 6.44. The molecule has 0 spiro atoms. The minimum atomic E-state index is -0.255. The van der Waals surface area contributed by atoms with Gasteiger partial charge in [-0.05, 0) is 17.9 Å². The lowest BCUT2D eigenvalue weighted by atomic mass is 10.1. The van der Waals surface area contributed by atoms with Gasteiger partial charge < -0.3 is 5.32 Å². The molecule has 3 aromatic rings. The number of carbonyl (C=O) groups excluding carboxylic acids is 1. The van der Waals surface area contributed by atoms with Gasteiger partial charge in [-0.2, -0.15) is 0 Å². The number of carbonyl (C=O) groups is 1. The molecule has 1 N–H and O–H groups in total. The van der Waals surface area contributed by atoms with Crippen LogP contribution in [0.3, 0.4) is 0 Å². The molecule has 0 unspecified atom stereocenters. The van der Waals surface area contributed by atoms with Gasteiger partial charge in [-0.15, -0.1) is 0 Å². The summed E-state index contributed by atoms with van der Waals surface area (Å²) in [6.07, 6.45) is 2.11. The van der Waals surface area contributed by atoms with Gasteiger partial charge in [0, 0.05) is 22.8 Å². The minimum Gasteiger partial charge on any atom is -0.324 e. The van der Waals surface area contributed by atoms with Gasteiger partial charge >= 0.3 is 0 Å². The molecule has 1 heterocycles. The van der Waals surface area contributed by atoms with Crippen molar-refractivity contribution < 1.29 is 4.79 Å². The van der Waals surface area contributed by atoms with Crippen LogP contribution in [0.4, 0.5) is 5.69 Å². The molecule has 116 valence electrons. The van der Waals surface area contributed by atoms with Crippen LogP contribution in [-0.4, -0.2) is 15.5 Å². The topological polar surface area (TPSA) is 64.0 Å². The highest BCUT2D eigenvalue weighted by atomic mass is 16.2. The molecule has 23 heavy (non-hydrogen) atoms. The van der Waals surface area contributed by atoms with E-state index < -0.39 is 0 Å². The Labute approximate surface area is 133 Å². The number of anilines is 1. The zero-order valence-electron chi connectivity index (χ0n) is 12.8. The number of amides is 1. The van der Waals surface area contributed by atoms with Gasteiger partial charge in [-0.1, -0.05) is 43.3 Å². The quantitative estimate of drug-likeness (QED) is 0.806. The Morgan fingerprint density at radius 2 is 1.96 bits per heavy atom. The summed E-state index contributed by atoms with van der Waals surface area (Å²) in [5.74, 6) is -0.255. The summed E-state index contributed by atoms with van der Waals surface area (Å²) in [7, 11) is 0. The minimum absolute atomic E-state index is 0.0565. The van der Waals surface area contributed by atoms with E-state index in [0.717, 1.165) is 22.2 Å². The second-order valence-corrected chi connectivity index (χ2v) is 5.27. The van der Waals surface area contributed by atoms with Crippen molar-refractivity contribution in [3.05, 3.63) is 70.9 Å². The van der Waals surface area contributed by atoms with Crippen molar-refractivity contribution in [2.45, 2.75) is 19.9 Å². The number of fused-ring (bicyclic) bond motifs is 1. The zero-order chi connectivity index (χ0) is 16.2. The molecule has 0 atom stereocenters. The summed E-state index contributed by atoms with van der Waals surface area (Å²) in [4.78, 5) is 28.3. The molecule has 0 aliphatic heterocycles. The van der Waals surface area contributed by atoms with Crippen LogP contribution in [0, 0.1) is 0 Å². The van der Waals surface area contributed by atoms with E-state index >= 15 is 0 Å². The van der Waals surface area contributed by atoms with Crippen molar-refractivity contribution in [3.8, 4) is 0 Å². The molecule has 1 aromatic heterocycles. The summed E-state index contributed by atoms with van der Waals surface area (Å²) < 4.78 is 1.31. The van der Waals surface area contributed by atoms with Gasteiger partial charge in [0.05, 0.1) is 6.33 Å². The number of rotatable bonds is 4. The molecule has 5 heteroatoms. The molecule has 0 radical (unpaired) electrons. The largest absolute Gasteiger partial charge is 0.324 e. The standard InChI is InChI=1S/C18H17N3O2/c1-2-14-10-18(23)21(12-19-14)11-17(22)20-16-9-5-7-13-6-3-4-8-15(13)16/h3-10,12H,2,11H2,1H3,(H,20,22). The molecular weight excluding hydrogens is 290 g/mol. The van der Waals surface area contributed by atoms with E-state index in [-0.39, 0.29) is 18.0 Å². The van der Waals surface area contributed by atoms with Gasteiger partial charge in [0.15, 0.2) is 0 Å². The number of hydrogen-bond donors (Lipinski definition) is 1. The normalized spacial score (nSPS) is 10.7. The van der Waals surface area contributed by atoms with Crippen LogP contribution in [0.2, 0.25) is 0 Å². The molecule has 0 saturated heterocycles. The predicted molar refractivity (Wildman–Crippen MR) is 90.5 cm³/mol. The first-order valence-electron chi connectivity index (χ1n) is 7.50. The smallest absolute Gasteiger partial charge is 0.253 e. The molecule has 2 aromatic carbocycles. The maximum atomic E-state index is 12.2. The van der Waals surface area contributed by atoms with Gasteiger partial charge in [0.2, 0.25) is 5.91 Å². The molecule has 3 rings (SSSR count). The van der Waals surface area contributed by atoms with Crippen molar-refractivity contribution >= 4 is 22.4 Å². The first kappa shape index (κ1) is 15.0. The lowest BCUT2D eigenvalue weighted by Crippen LogP contribution is -2.27. The summed E-state index contributed by atoms with van der Waals surface area (Å²) in [6.45, 7) is 1.87. The summed E-state index contributed by atoms with van der Waals surface area (Å²) in [5.41, 5.74) is 1.24. The highest BCUT2D eigenvalue weighted by Gasteiger charge is 2.08. The average Bonchev–Trinajstić information content (AvgIpc) is 2.57. The fourth-order valence-corrected chi connectivity index (χ4v) is 2.45. The van der Waals surface area contributed by atoms with Crippen LogP contribution in [0.1, 0.15) is 12.6 Å². The molecule has 0 aliphatic rings. The number of aryl methyl sites for hydroxylation is 1. The van der Waals surface area contributed by atoms with Crippen molar-refractivity contribution in [2.24, 2.45) is 0 Å². The van der Waals surface area contributed by atoms with Gasteiger partial charge in [-0.25, -0.2) is 4.98 Å². The van der Waals surface area contributed by atoms with E-state index in [1.165, 1.54) is 17.0 Å². The molecular formula is C18H17N3O2. The Morgan fingerprint density at radius 3 is 2.74 bits per heavy atom. The number of aromatic nitrogens is 2. The van der Waals surface area contributed by atoms with E-state index in [4.69, 9.17) is 0 Å². The lowest BCUT2D eigenvalue weighted by Gasteiger charge is -2.10.